The van der Waals surface area contributed by atoms with Crippen LogP contribution in [0.5, 0.6) is 11.5 Å². The van der Waals surface area contributed by atoms with Gasteiger partial charge in [0, 0.05) is 11.1 Å². The lowest BCUT2D eigenvalue weighted by Gasteiger charge is -2.35. The first kappa shape index (κ1) is 31.9. The zero-order valence-electron chi connectivity index (χ0n) is 25.7. The van der Waals surface area contributed by atoms with Crippen LogP contribution in [-0.4, -0.2) is 18.1 Å². The lowest BCUT2D eigenvalue weighted by molar-refractivity contribution is -0.0610. The zero-order chi connectivity index (χ0) is 32.5. The summed E-state index contributed by atoms with van der Waals surface area (Å²) in [4.78, 5) is 0. The third kappa shape index (κ3) is 8.07. The highest BCUT2D eigenvalue weighted by atomic mass is 28.4. The number of fused-ring (bicyclic) bond motifs is 2. The summed E-state index contributed by atoms with van der Waals surface area (Å²) in [6.07, 6.45) is 6.27. The van der Waals surface area contributed by atoms with Crippen molar-refractivity contribution in [1.82, 2.24) is 0 Å². The van der Waals surface area contributed by atoms with E-state index in [1.54, 1.807) is 73.6 Å². The first-order valence-corrected chi connectivity index (χ1v) is 18.4. The molecule has 14 heteroatoms. The molecule has 0 aliphatic carbocycles. The van der Waals surface area contributed by atoms with Gasteiger partial charge in [-0.15, -0.1) is 0 Å². The van der Waals surface area contributed by atoms with Crippen LogP contribution in [0.1, 0.15) is 34.2 Å². The molecule has 0 saturated heterocycles. The van der Waals surface area contributed by atoms with Crippen LogP contribution in [0.15, 0.2) is 140 Å². The quantitative estimate of drug-likeness (QED) is 0.120. The van der Waals surface area contributed by atoms with Gasteiger partial charge in [0.1, 0.15) is 34.5 Å². The maximum Gasteiger partial charge on any atom is 0.821 e. The molecular weight excluding hydrogens is 657 g/mol. The monoisotopic (exact) mass is 688 g/mol. The summed E-state index contributed by atoms with van der Waals surface area (Å²) in [5.41, 5.74) is 2.04. The van der Waals surface area contributed by atoms with E-state index >= 15 is 0 Å². The van der Waals surface area contributed by atoms with Crippen molar-refractivity contribution in [2.24, 2.45) is 0 Å². The minimum atomic E-state index is -3.66. The Morgan fingerprint density at radius 2 is 0.812 bits per heavy atom. The van der Waals surface area contributed by atoms with Gasteiger partial charge < -0.3 is 53.1 Å². The lowest BCUT2D eigenvalue weighted by atomic mass is 10.2. The highest BCUT2D eigenvalue weighted by Crippen LogP contribution is 2.35. The van der Waals surface area contributed by atoms with Gasteiger partial charge in [-0.3, -0.25) is 0 Å². The molecule has 0 radical (unpaired) electrons. The van der Waals surface area contributed by atoms with Crippen molar-refractivity contribution in [3.05, 3.63) is 156 Å². The molecule has 0 N–H and O–H groups in total. The molecule has 0 atom stereocenters. The normalized spacial score (nSPS) is 14.7. The van der Waals surface area contributed by atoms with Crippen molar-refractivity contribution in [1.29, 1.82) is 0 Å². The van der Waals surface area contributed by atoms with E-state index in [1.165, 1.54) is 0 Å². The molecule has 6 heterocycles. The van der Waals surface area contributed by atoms with E-state index < -0.39 is 18.1 Å². The van der Waals surface area contributed by atoms with Crippen LogP contribution < -0.4 is 8.85 Å². The second-order valence-electron chi connectivity index (χ2n) is 10.5. The standard InChI is InChI=1S/C20H20O8Si.C14H12O4Si/c1-5-17(21-9-1)13-25-29(26-14-18-6-2-10-22-18,27-15-19-7-3-11-23-19)28-16-20-8-4-12-24-20;1-3-7-13-11(5-1)9-15-19(17-13)16-10-12-6-2-4-8-14(12)18-19/h1-12H,13-16H2;1-8H,9-10H2. The Kier molecular flexibility index (Phi) is 10.0. The number of para-hydroxylation sites is 2. The summed E-state index contributed by atoms with van der Waals surface area (Å²) in [6.45, 7) is 1.40. The number of hydrogen-bond acceptors (Lipinski definition) is 12. The van der Waals surface area contributed by atoms with Crippen molar-refractivity contribution in [2.45, 2.75) is 39.6 Å². The Morgan fingerprint density at radius 3 is 1.15 bits per heavy atom. The molecule has 0 unspecified atom stereocenters. The number of hydrogen-bond donors (Lipinski definition) is 0. The summed E-state index contributed by atoms with van der Waals surface area (Å²) in [7, 11) is -6.73. The smallest absolute Gasteiger partial charge is 0.471 e. The SMILES string of the molecule is c1ccc2c(c1)CO[Si]1(OCc3ccccc3O1)O2.c1coc(CO[Si](OCc2ccco2)(OCc2ccco2)OCc2ccco2)c1. The molecule has 2 aliphatic heterocycles. The van der Waals surface area contributed by atoms with Gasteiger partial charge >= 0.3 is 18.1 Å². The summed E-state index contributed by atoms with van der Waals surface area (Å²) in [5, 5.41) is 0. The van der Waals surface area contributed by atoms with Crippen LogP contribution in [0.2, 0.25) is 0 Å². The number of furan rings is 4. The van der Waals surface area contributed by atoms with E-state index in [4.69, 9.17) is 53.1 Å². The fourth-order valence-electron chi connectivity index (χ4n) is 4.69. The minimum Gasteiger partial charge on any atom is -0.471 e. The van der Waals surface area contributed by atoms with Gasteiger partial charge in [-0.1, -0.05) is 36.4 Å². The van der Waals surface area contributed by atoms with Crippen molar-refractivity contribution in [2.75, 3.05) is 0 Å². The fraction of sp³-hybridized carbons (Fsp3) is 0.176. The topological polar surface area (TPSA) is 126 Å². The van der Waals surface area contributed by atoms with Gasteiger partial charge in [0.25, 0.3) is 0 Å². The van der Waals surface area contributed by atoms with Crippen LogP contribution in [-0.2, 0) is 66.2 Å². The molecule has 6 aromatic rings. The highest BCUT2D eigenvalue weighted by Gasteiger charge is 2.56. The van der Waals surface area contributed by atoms with E-state index in [9.17, 15) is 0 Å². The van der Waals surface area contributed by atoms with Crippen LogP contribution in [0, 0.1) is 0 Å². The van der Waals surface area contributed by atoms with Gasteiger partial charge in [0.2, 0.25) is 0 Å². The van der Waals surface area contributed by atoms with Crippen LogP contribution in [0.3, 0.4) is 0 Å². The summed E-state index contributed by atoms with van der Waals surface area (Å²) in [6, 6.07) is 29.9. The predicted molar refractivity (Wildman–Crippen MR) is 169 cm³/mol. The van der Waals surface area contributed by atoms with Crippen molar-refractivity contribution < 1.29 is 53.1 Å². The first-order chi connectivity index (χ1) is 23.7. The molecule has 1 spiro atoms. The molecule has 0 fully saturated rings. The maximum atomic E-state index is 6.02. The largest absolute Gasteiger partial charge is 0.821 e. The lowest BCUT2D eigenvalue weighted by Crippen LogP contribution is -2.58. The van der Waals surface area contributed by atoms with Crippen molar-refractivity contribution in [3.63, 3.8) is 0 Å². The molecule has 48 heavy (non-hydrogen) atoms. The summed E-state index contributed by atoms with van der Waals surface area (Å²) in [5.74, 6) is 4.05. The van der Waals surface area contributed by atoms with Gasteiger partial charge in [-0.05, 0) is 60.7 Å². The Morgan fingerprint density at radius 1 is 0.458 bits per heavy atom. The average molecular weight is 689 g/mol. The van der Waals surface area contributed by atoms with E-state index in [0.717, 1.165) is 22.6 Å². The molecule has 8 rings (SSSR count). The second-order valence-corrected chi connectivity index (χ2v) is 14.6. The first-order valence-electron chi connectivity index (χ1n) is 15.1. The van der Waals surface area contributed by atoms with Crippen molar-refractivity contribution in [3.8, 4) is 11.5 Å². The fourth-order valence-corrected chi connectivity index (χ4v) is 8.43. The molecule has 0 amide bonds. The van der Waals surface area contributed by atoms with Crippen LogP contribution >= 0.6 is 0 Å². The van der Waals surface area contributed by atoms with Gasteiger partial charge in [-0.25, -0.2) is 0 Å². The van der Waals surface area contributed by atoms with Crippen LogP contribution in [0.25, 0.3) is 0 Å². The Hall–Kier alpha value is -4.65. The molecule has 2 aromatic carbocycles. The Labute approximate surface area is 278 Å². The summed E-state index contributed by atoms with van der Waals surface area (Å²) >= 11 is 0. The third-order valence-electron chi connectivity index (χ3n) is 7.11. The average Bonchev–Trinajstić information content (AvgIpc) is 3.97. The number of benzene rings is 2. The highest BCUT2D eigenvalue weighted by molar-refractivity contribution is 6.55. The van der Waals surface area contributed by atoms with Gasteiger partial charge in [0.05, 0.1) is 64.7 Å². The Balaban J connectivity index is 0.000000165. The Bertz CT molecular complexity index is 1590. The second kappa shape index (κ2) is 15.1. The molecule has 248 valence electrons. The molecule has 4 aromatic heterocycles. The van der Waals surface area contributed by atoms with Crippen molar-refractivity contribution >= 4 is 18.1 Å². The van der Waals surface area contributed by atoms with Gasteiger partial charge in [-0.2, -0.15) is 0 Å². The zero-order valence-corrected chi connectivity index (χ0v) is 27.7. The van der Waals surface area contributed by atoms with Crippen LogP contribution in [0.4, 0.5) is 0 Å². The van der Waals surface area contributed by atoms with E-state index in [0.29, 0.717) is 36.3 Å². The molecule has 0 bridgehead atoms. The van der Waals surface area contributed by atoms with E-state index in [2.05, 4.69) is 0 Å². The molecule has 0 saturated carbocycles. The molecule has 2 aliphatic rings. The predicted octanol–water partition coefficient (Wildman–Crippen LogP) is 7.30. The molecular formula is C34H32O12Si2. The molecule has 12 nitrogen and oxygen atoms in total. The maximum absolute atomic E-state index is 6.02. The third-order valence-corrected chi connectivity index (χ3v) is 11.0. The van der Waals surface area contributed by atoms with Gasteiger partial charge in [0.15, 0.2) is 0 Å². The van der Waals surface area contributed by atoms with E-state index in [1.807, 2.05) is 48.5 Å². The summed E-state index contributed by atoms with van der Waals surface area (Å²) < 4.78 is 68.8. The number of rotatable bonds is 12. The van der Waals surface area contributed by atoms with E-state index in [-0.39, 0.29) is 26.4 Å². The minimum absolute atomic E-state index is 0.119.